The molecule has 3 N–H and O–H groups in total. The normalized spacial score (nSPS) is 17.4. The fourth-order valence-electron chi connectivity index (χ4n) is 4.46. The number of rotatable bonds is 5. The quantitative estimate of drug-likeness (QED) is 0.447. The molecule has 3 aromatic rings. The molecule has 1 saturated heterocycles. The highest BCUT2D eigenvalue weighted by Gasteiger charge is 2.31. The summed E-state index contributed by atoms with van der Waals surface area (Å²) in [7, 11) is -2.49. The number of nitrogens with zero attached hydrogens (tertiary/aromatic N) is 3. The van der Waals surface area contributed by atoms with Crippen LogP contribution in [0.3, 0.4) is 0 Å². The number of fused-ring (bicyclic) bond motifs is 3. The second-order valence-corrected chi connectivity index (χ2v) is 12.6. The summed E-state index contributed by atoms with van der Waals surface area (Å²) in [5, 5.41) is 11.1. The lowest BCUT2D eigenvalue weighted by molar-refractivity contribution is 0.245. The zero-order valence-corrected chi connectivity index (χ0v) is 21.1. The Bertz CT molecular complexity index is 1280. The molecular weight excluding hydrogens is 471 g/mol. The van der Waals surface area contributed by atoms with Gasteiger partial charge in [-0.2, -0.15) is 4.98 Å². The van der Waals surface area contributed by atoms with Crippen molar-refractivity contribution in [3.63, 3.8) is 0 Å². The fraction of sp³-hybridized carbons (Fsp3) is 0.333. The molecule has 0 radical (unpaired) electrons. The lowest BCUT2D eigenvalue weighted by atomic mass is 10.1. The molecule has 10 heteroatoms. The summed E-state index contributed by atoms with van der Waals surface area (Å²) in [6.45, 7) is 9.02. The molecule has 5 rings (SSSR count). The van der Waals surface area contributed by atoms with Crippen molar-refractivity contribution in [3.8, 4) is 5.75 Å². The maximum Gasteiger partial charge on any atom is 0.229 e. The van der Waals surface area contributed by atoms with E-state index >= 15 is 0 Å². The van der Waals surface area contributed by atoms with Crippen LogP contribution in [-0.2, 0) is 4.57 Å². The Hall–Kier alpha value is -2.80. The number of benzene rings is 2. The van der Waals surface area contributed by atoms with Crippen molar-refractivity contribution >= 4 is 52.9 Å². The van der Waals surface area contributed by atoms with Gasteiger partial charge < -0.3 is 30.2 Å². The summed E-state index contributed by atoms with van der Waals surface area (Å²) >= 11 is 6.40. The fourth-order valence-corrected chi connectivity index (χ4v) is 5.75. The first-order chi connectivity index (χ1) is 16.3. The zero-order chi connectivity index (χ0) is 23.9. The van der Waals surface area contributed by atoms with Crippen LogP contribution in [0.1, 0.15) is 5.56 Å². The van der Waals surface area contributed by atoms with Crippen LogP contribution in [0.5, 0.6) is 5.75 Å². The number of para-hydroxylation sites is 1. The Labute approximate surface area is 204 Å². The number of aromatic nitrogens is 2. The molecule has 2 aliphatic heterocycles. The smallest absolute Gasteiger partial charge is 0.229 e. The predicted molar refractivity (Wildman–Crippen MR) is 140 cm³/mol. The first-order valence-electron chi connectivity index (χ1n) is 11.3. The van der Waals surface area contributed by atoms with Crippen molar-refractivity contribution in [1.82, 2.24) is 15.3 Å². The van der Waals surface area contributed by atoms with Crippen molar-refractivity contribution in [2.75, 3.05) is 55.1 Å². The minimum Gasteiger partial charge on any atom is -0.489 e. The van der Waals surface area contributed by atoms with Crippen LogP contribution in [0.15, 0.2) is 42.6 Å². The Balaban J connectivity index is 1.43. The van der Waals surface area contributed by atoms with Gasteiger partial charge in [0, 0.05) is 30.6 Å². The van der Waals surface area contributed by atoms with Crippen molar-refractivity contribution in [3.05, 3.63) is 53.2 Å². The van der Waals surface area contributed by atoms with Crippen LogP contribution in [-0.4, -0.2) is 55.6 Å². The molecule has 2 aromatic carbocycles. The first-order valence-corrected chi connectivity index (χ1v) is 14.2. The standard InChI is InChI=1S/C24H28ClN6O2P/c1-15-10-16(11-20-22(15)33-14-17-12-26-8-9-31(17)20)28-24-27-13-18(25)23(30-24)29-19-6-4-5-7-21(19)34(2,3)32/h4-7,10-11,13,17,26H,8-9,12,14H2,1-3H3,(H2,27,28,29,30)/t17-/m0/s1. The summed E-state index contributed by atoms with van der Waals surface area (Å²) in [6, 6.07) is 11.9. The third-order valence-electron chi connectivity index (χ3n) is 6.07. The van der Waals surface area contributed by atoms with E-state index in [1.54, 1.807) is 19.5 Å². The number of nitrogens with one attached hydrogen (secondary N) is 3. The number of aryl methyl sites for hydroxylation is 1. The highest BCUT2D eigenvalue weighted by Crippen LogP contribution is 2.41. The largest absolute Gasteiger partial charge is 0.489 e. The molecule has 0 saturated carbocycles. The van der Waals surface area contributed by atoms with E-state index in [4.69, 9.17) is 16.3 Å². The van der Waals surface area contributed by atoms with E-state index in [2.05, 4.69) is 36.9 Å². The van der Waals surface area contributed by atoms with Gasteiger partial charge in [0.15, 0.2) is 5.82 Å². The van der Waals surface area contributed by atoms with Crippen LogP contribution in [0.4, 0.5) is 28.8 Å². The number of hydrogen-bond acceptors (Lipinski definition) is 8. The summed E-state index contributed by atoms with van der Waals surface area (Å²) in [6.07, 6.45) is 1.56. The molecule has 2 aliphatic rings. The molecule has 0 amide bonds. The summed E-state index contributed by atoms with van der Waals surface area (Å²) in [5.41, 5.74) is 3.73. The third-order valence-corrected chi connectivity index (χ3v) is 7.90. The molecule has 0 unspecified atom stereocenters. The summed E-state index contributed by atoms with van der Waals surface area (Å²) < 4.78 is 18.8. The Morgan fingerprint density at radius 2 is 2.06 bits per heavy atom. The molecule has 34 heavy (non-hydrogen) atoms. The predicted octanol–water partition coefficient (Wildman–Crippen LogP) is 4.34. The van der Waals surface area contributed by atoms with Crippen molar-refractivity contribution in [2.45, 2.75) is 13.0 Å². The molecule has 0 aliphatic carbocycles. The minimum absolute atomic E-state index is 0.326. The average molecular weight is 499 g/mol. The second kappa shape index (κ2) is 9.10. The third kappa shape index (κ3) is 4.58. The van der Waals surface area contributed by atoms with Gasteiger partial charge in [0.2, 0.25) is 5.95 Å². The van der Waals surface area contributed by atoms with E-state index in [1.807, 2.05) is 37.3 Å². The molecule has 3 heterocycles. The molecule has 8 nitrogen and oxygen atoms in total. The topological polar surface area (TPSA) is 91.4 Å². The van der Waals surface area contributed by atoms with Gasteiger partial charge in [0.05, 0.1) is 23.6 Å². The van der Waals surface area contributed by atoms with Crippen LogP contribution >= 0.6 is 18.7 Å². The zero-order valence-electron chi connectivity index (χ0n) is 19.4. The van der Waals surface area contributed by atoms with E-state index in [0.717, 1.165) is 47.6 Å². The minimum atomic E-state index is -2.49. The van der Waals surface area contributed by atoms with Gasteiger partial charge >= 0.3 is 0 Å². The van der Waals surface area contributed by atoms with Crippen molar-refractivity contribution in [1.29, 1.82) is 0 Å². The Kier molecular flexibility index (Phi) is 6.15. The van der Waals surface area contributed by atoms with E-state index in [-0.39, 0.29) is 0 Å². The number of halogens is 1. The Morgan fingerprint density at radius 3 is 2.88 bits per heavy atom. The van der Waals surface area contributed by atoms with Gasteiger partial charge in [0.1, 0.15) is 24.5 Å². The maximum atomic E-state index is 12.7. The van der Waals surface area contributed by atoms with E-state index < -0.39 is 7.14 Å². The van der Waals surface area contributed by atoms with Gasteiger partial charge in [-0.15, -0.1) is 0 Å². The van der Waals surface area contributed by atoms with Crippen molar-refractivity contribution in [2.24, 2.45) is 0 Å². The van der Waals surface area contributed by atoms with E-state index in [1.165, 1.54) is 0 Å². The first kappa shape index (κ1) is 23.0. The molecule has 0 spiro atoms. The van der Waals surface area contributed by atoms with Crippen molar-refractivity contribution < 1.29 is 9.30 Å². The molecule has 0 bridgehead atoms. The number of hydrogen-bond donors (Lipinski definition) is 3. The van der Waals surface area contributed by atoms with Crippen LogP contribution in [0.25, 0.3) is 0 Å². The van der Waals surface area contributed by atoms with Crippen LogP contribution in [0, 0.1) is 6.92 Å². The lowest BCUT2D eigenvalue weighted by Crippen LogP contribution is -2.55. The maximum absolute atomic E-state index is 12.7. The molecule has 1 atom stereocenters. The lowest BCUT2D eigenvalue weighted by Gasteiger charge is -2.42. The average Bonchev–Trinajstić information content (AvgIpc) is 2.81. The molecule has 1 fully saturated rings. The summed E-state index contributed by atoms with van der Waals surface area (Å²) in [5.74, 6) is 1.79. The summed E-state index contributed by atoms with van der Waals surface area (Å²) in [4.78, 5) is 11.4. The number of ether oxygens (including phenoxy) is 1. The highest BCUT2D eigenvalue weighted by molar-refractivity contribution is 7.70. The van der Waals surface area contributed by atoms with Gasteiger partial charge in [-0.3, -0.25) is 0 Å². The highest BCUT2D eigenvalue weighted by atomic mass is 35.5. The van der Waals surface area contributed by atoms with Crippen LogP contribution < -0.4 is 30.9 Å². The molecule has 178 valence electrons. The van der Waals surface area contributed by atoms with Crippen LogP contribution in [0.2, 0.25) is 5.02 Å². The van der Waals surface area contributed by atoms with E-state index in [9.17, 15) is 4.57 Å². The van der Waals surface area contributed by atoms with Gasteiger partial charge in [-0.25, -0.2) is 4.98 Å². The van der Waals surface area contributed by atoms with Gasteiger partial charge in [-0.05, 0) is 50.1 Å². The molecular formula is C24H28ClN6O2P. The van der Waals surface area contributed by atoms with Gasteiger partial charge in [0.25, 0.3) is 0 Å². The SMILES string of the molecule is Cc1cc(Nc2ncc(Cl)c(Nc3ccccc3P(C)(C)=O)n2)cc2c1OC[C@@H]1CNCCN21. The monoisotopic (exact) mass is 498 g/mol. The van der Waals surface area contributed by atoms with E-state index in [0.29, 0.717) is 35.1 Å². The second-order valence-electron chi connectivity index (χ2n) is 9.01. The van der Waals surface area contributed by atoms with Gasteiger partial charge in [-0.1, -0.05) is 23.7 Å². The molecule has 1 aromatic heterocycles. The number of anilines is 5. The Morgan fingerprint density at radius 1 is 1.24 bits per heavy atom. The number of piperazine rings is 1.